The average molecular weight is 453 g/mol. The fraction of sp³-hybridized carbons (Fsp3) is 0.600. The SMILES string of the molecule is NC(CCC(=O)NC(CSC(=O)CC(=O)[C@@H](N)CS)C(=O)NCC(=O)O)C(=O)O. The van der Waals surface area contributed by atoms with Crippen molar-refractivity contribution in [3.8, 4) is 0 Å². The second-order valence-electron chi connectivity index (χ2n) is 5.83. The number of Topliss-reactive ketones (excluding diaryl/α,β-unsaturated/α-hetero) is 1. The minimum absolute atomic E-state index is 0.0610. The minimum atomic E-state index is -1.31. The van der Waals surface area contributed by atoms with E-state index in [0.29, 0.717) is 11.8 Å². The zero-order valence-corrected chi connectivity index (χ0v) is 17.0. The third-order valence-corrected chi connectivity index (χ3v) is 4.76. The van der Waals surface area contributed by atoms with Crippen LogP contribution < -0.4 is 22.1 Å². The van der Waals surface area contributed by atoms with E-state index in [1.54, 1.807) is 0 Å². The van der Waals surface area contributed by atoms with Crippen LogP contribution in [0.2, 0.25) is 0 Å². The number of carboxylic acids is 2. The molecule has 0 aromatic heterocycles. The third kappa shape index (κ3) is 12.1. The van der Waals surface area contributed by atoms with Crippen molar-refractivity contribution in [2.75, 3.05) is 18.1 Å². The molecule has 8 N–H and O–H groups in total. The summed E-state index contributed by atoms with van der Waals surface area (Å²) < 4.78 is 0. The lowest BCUT2D eigenvalue weighted by atomic mass is 10.1. The summed E-state index contributed by atoms with van der Waals surface area (Å²) in [4.78, 5) is 68.8. The minimum Gasteiger partial charge on any atom is -0.480 e. The van der Waals surface area contributed by atoms with E-state index in [-0.39, 0.29) is 24.3 Å². The smallest absolute Gasteiger partial charge is 0.322 e. The Labute approximate surface area is 175 Å². The van der Waals surface area contributed by atoms with Crippen LogP contribution in [0.5, 0.6) is 0 Å². The number of carbonyl (C=O) groups is 6. The van der Waals surface area contributed by atoms with Crippen LogP contribution in [0.15, 0.2) is 0 Å². The Bertz CT molecular complexity index is 646. The summed E-state index contributed by atoms with van der Waals surface area (Å²) in [6, 6.07) is -3.46. The van der Waals surface area contributed by atoms with Gasteiger partial charge in [0.05, 0.1) is 12.5 Å². The molecule has 0 spiro atoms. The van der Waals surface area contributed by atoms with Gasteiger partial charge in [-0.25, -0.2) is 0 Å². The number of rotatable bonds is 14. The van der Waals surface area contributed by atoms with Crippen molar-refractivity contribution >= 4 is 59.0 Å². The molecule has 2 amide bonds. The molecule has 0 bridgehead atoms. The van der Waals surface area contributed by atoms with Crippen molar-refractivity contribution in [1.82, 2.24) is 10.6 Å². The van der Waals surface area contributed by atoms with Gasteiger partial charge >= 0.3 is 11.9 Å². The Hall–Kier alpha value is -2.16. The van der Waals surface area contributed by atoms with E-state index in [1.165, 1.54) is 0 Å². The summed E-state index contributed by atoms with van der Waals surface area (Å²) in [6.07, 6.45) is -0.978. The molecule has 3 atom stereocenters. The van der Waals surface area contributed by atoms with Crippen LogP contribution in [0.25, 0.3) is 0 Å². The van der Waals surface area contributed by atoms with Gasteiger partial charge in [0.25, 0.3) is 0 Å². The summed E-state index contributed by atoms with van der Waals surface area (Å²) in [6.45, 7) is -0.705. The van der Waals surface area contributed by atoms with Gasteiger partial charge in [-0.2, -0.15) is 12.6 Å². The highest BCUT2D eigenvalue weighted by atomic mass is 32.2. The molecule has 0 saturated carbocycles. The summed E-state index contributed by atoms with van der Waals surface area (Å²) >= 11 is 4.45. The molecule has 0 rings (SSSR count). The number of thioether (sulfide) groups is 1. The Kier molecular flexibility index (Phi) is 12.9. The van der Waals surface area contributed by atoms with Gasteiger partial charge in [-0.1, -0.05) is 11.8 Å². The number of nitrogens with two attached hydrogens (primary N) is 2. The van der Waals surface area contributed by atoms with Crippen LogP contribution in [0, 0.1) is 0 Å². The third-order valence-electron chi connectivity index (χ3n) is 3.40. The number of thiol groups is 1. The molecule has 12 nitrogen and oxygen atoms in total. The van der Waals surface area contributed by atoms with Crippen molar-refractivity contribution < 1.29 is 39.0 Å². The normalized spacial score (nSPS) is 13.6. The van der Waals surface area contributed by atoms with Crippen molar-refractivity contribution in [3.05, 3.63) is 0 Å². The van der Waals surface area contributed by atoms with E-state index in [0.717, 1.165) is 0 Å². The lowest BCUT2D eigenvalue weighted by Gasteiger charge is -2.18. The van der Waals surface area contributed by atoms with Gasteiger partial charge in [0, 0.05) is 17.9 Å². The maximum Gasteiger partial charge on any atom is 0.322 e. The fourth-order valence-corrected chi connectivity index (χ4v) is 2.78. The summed E-state index contributed by atoms with van der Waals surface area (Å²) in [5.41, 5.74) is 10.8. The Balaban J connectivity index is 4.84. The first-order valence-electron chi connectivity index (χ1n) is 8.29. The van der Waals surface area contributed by atoms with E-state index in [4.69, 9.17) is 21.7 Å². The largest absolute Gasteiger partial charge is 0.480 e. The quantitative estimate of drug-likeness (QED) is 0.106. The van der Waals surface area contributed by atoms with Gasteiger partial charge in [-0.05, 0) is 6.42 Å². The number of hydrogen-bond donors (Lipinski definition) is 7. The zero-order chi connectivity index (χ0) is 22.6. The molecule has 0 aromatic carbocycles. The van der Waals surface area contributed by atoms with Crippen LogP contribution in [-0.2, 0) is 28.8 Å². The highest BCUT2D eigenvalue weighted by Crippen LogP contribution is 2.10. The monoisotopic (exact) mass is 452 g/mol. The number of ketones is 1. The first kappa shape index (κ1) is 26.8. The number of carboxylic acid groups (broad SMARTS) is 2. The van der Waals surface area contributed by atoms with Gasteiger partial charge in [-0.15, -0.1) is 0 Å². The summed E-state index contributed by atoms with van der Waals surface area (Å²) in [7, 11) is 0. The Morgan fingerprint density at radius 1 is 1.03 bits per heavy atom. The zero-order valence-electron chi connectivity index (χ0n) is 15.3. The van der Waals surface area contributed by atoms with Gasteiger partial charge < -0.3 is 32.3 Å². The predicted molar refractivity (Wildman–Crippen MR) is 106 cm³/mol. The molecular formula is C15H24N4O8S2. The summed E-state index contributed by atoms with van der Waals surface area (Å²) in [5, 5.41) is 21.1. The van der Waals surface area contributed by atoms with E-state index in [2.05, 4.69) is 23.3 Å². The molecule has 2 unspecified atom stereocenters. The van der Waals surface area contributed by atoms with E-state index in [1.807, 2.05) is 0 Å². The standard InChI is InChI=1S/C15H24N4O8S2/c16-7(15(26)27)1-2-11(21)19-9(14(25)18-4-12(22)23)6-29-13(24)3-10(20)8(17)5-28/h7-9,28H,1-6,16-17H2,(H,18,25)(H,19,21)(H,22,23)(H,26,27)/t7?,8-,9?/m0/s1. The molecule has 164 valence electrons. The topological polar surface area (TPSA) is 219 Å². The van der Waals surface area contributed by atoms with Gasteiger partial charge in [0.15, 0.2) is 10.9 Å². The van der Waals surface area contributed by atoms with Gasteiger partial charge in [0.2, 0.25) is 11.8 Å². The lowest BCUT2D eigenvalue weighted by Crippen LogP contribution is -2.49. The molecule has 29 heavy (non-hydrogen) atoms. The van der Waals surface area contributed by atoms with Crippen LogP contribution >= 0.6 is 24.4 Å². The first-order chi connectivity index (χ1) is 13.5. The first-order valence-corrected chi connectivity index (χ1v) is 9.91. The van der Waals surface area contributed by atoms with Gasteiger partial charge in [0.1, 0.15) is 18.6 Å². The van der Waals surface area contributed by atoms with Crippen molar-refractivity contribution in [2.45, 2.75) is 37.4 Å². The van der Waals surface area contributed by atoms with Crippen LogP contribution in [0.4, 0.5) is 0 Å². The summed E-state index contributed by atoms with van der Waals surface area (Å²) in [5.74, 6) is -4.92. The van der Waals surface area contributed by atoms with Crippen LogP contribution in [-0.4, -0.2) is 81.0 Å². The molecule has 0 aliphatic rings. The van der Waals surface area contributed by atoms with Crippen molar-refractivity contribution in [2.24, 2.45) is 11.5 Å². The molecule has 0 aliphatic heterocycles. The molecule has 0 aliphatic carbocycles. The van der Waals surface area contributed by atoms with Crippen LogP contribution in [0.3, 0.4) is 0 Å². The van der Waals surface area contributed by atoms with Crippen LogP contribution in [0.1, 0.15) is 19.3 Å². The molecule has 0 radical (unpaired) electrons. The number of amides is 2. The van der Waals surface area contributed by atoms with E-state index >= 15 is 0 Å². The Morgan fingerprint density at radius 2 is 1.66 bits per heavy atom. The van der Waals surface area contributed by atoms with Crippen molar-refractivity contribution in [3.63, 3.8) is 0 Å². The maximum atomic E-state index is 12.1. The fourth-order valence-electron chi connectivity index (χ4n) is 1.75. The number of aliphatic carboxylic acids is 2. The molecule has 0 heterocycles. The molecular weight excluding hydrogens is 428 g/mol. The maximum absolute atomic E-state index is 12.1. The number of hydrogen-bond acceptors (Lipinski definition) is 10. The average Bonchev–Trinajstić information content (AvgIpc) is 2.66. The predicted octanol–water partition coefficient (Wildman–Crippen LogP) is -2.66. The van der Waals surface area contributed by atoms with Gasteiger partial charge in [-0.3, -0.25) is 28.8 Å². The van der Waals surface area contributed by atoms with E-state index < -0.39 is 65.7 Å². The number of nitrogens with one attached hydrogen (secondary N) is 2. The number of carbonyl (C=O) groups excluding carboxylic acids is 4. The van der Waals surface area contributed by atoms with Crippen molar-refractivity contribution in [1.29, 1.82) is 0 Å². The molecule has 14 heteroatoms. The lowest BCUT2D eigenvalue weighted by molar-refractivity contribution is -0.139. The molecule has 0 saturated heterocycles. The molecule has 0 fully saturated rings. The second-order valence-corrected chi connectivity index (χ2v) is 7.27. The highest BCUT2D eigenvalue weighted by molar-refractivity contribution is 8.13. The second kappa shape index (κ2) is 13.9. The molecule has 0 aromatic rings. The highest BCUT2D eigenvalue weighted by Gasteiger charge is 2.24. The Morgan fingerprint density at radius 3 is 2.17 bits per heavy atom. The van der Waals surface area contributed by atoms with E-state index in [9.17, 15) is 28.8 Å².